The van der Waals surface area contributed by atoms with Crippen molar-refractivity contribution in [1.29, 1.82) is 0 Å². The average molecular weight is 359 g/mol. The number of rotatable bonds is 4. The quantitative estimate of drug-likeness (QED) is 0.605. The lowest BCUT2D eigenvalue weighted by Gasteiger charge is -2.07. The molecule has 0 atom stereocenters. The second kappa shape index (κ2) is 6.83. The molecule has 4 aromatic rings. The molecule has 0 aliphatic heterocycles. The van der Waals surface area contributed by atoms with Crippen LogP contribution in [0, 0.1) is 13.8 Å². The molecule has 0 unspecified atom stereocenters. The van der Waals surface area contributed by atoms with Crippen molar-refractivity contribution >= 4 is 11.6 Å². The van der Waals surface area contributed by atoms with E-state index < -0.39 is 0 Å². The largest absolute Gasteiger partial charge is 0.320 e. The molecule has 0 aliphatic carbocycles. The van der Waals surface area contributed by atoms with Crippen molar-refractivity contribution in [2.45, 2.75) is 13.8 Å². The molecule has 0 radical (unpaired) electrons. The molecule has 0 bridgehead atoms. The number of amides is 1. The normalized spacial score (nSPS) is 10.7. The van der Waals surface area contributed by atoms with E-state index in [-0.39, 0.29) is 5.91 Å². The Morgan fingerprint density at radius 2 is 1.89 bits per heavy atom. The van der Waals surface area contributed by atoms with Crippen LogP contribution in [-0.2, 0) is 0 Å². The zero-order valence-corrected chi connectivity index (χ0v) is 14.9. The smallest absolute Gasteiger partial charge is 0.259 e. The summed E-state index contributed by atoms with van der Waals surface area (Å²) in [4.78, 5) is 21.0. The summed E-state index contributed by atoms with van der Waals surface area (Å²) in [5, 5.41) is 11.4. The molecule has 134 valence electrons. The van der Waals surface area contributed by atoms with Crippen molar-refractivity contribution in [1.82, 2.24) is 29.5 Å². The molecule has 8 heteroatoms. The summed E-state index contributed by atoms with van der Waals surface area (Å²) >= 11 is 0. The summed E-state index contributed by atoms with van der Waals surface area (Å²) in [6.07, 6.45) is 4.58. The van der Waals surface area contributed by atoms with Crippen LogP contribution in [0.5, 0.6) is 0 Å². The highest BCUT2D eigenvalue weighted by Gasteiger charge is 2.19. The van der Waals surface area contributed by atoms with Crippen molar-refractivity contribution in [3.05, 3.63) is 78.3 Å². The molecule has 3 aromatic heterocycles. The second-order valence-corrected chi connectivity index (χ2v) is 5.99. The number of benzene rings is 1. The fourth-order valence-corrected chi connectivity index (χ4v) is 2.91. The van der Waals surface area contributed by atoms with Gasteiger partial charge in [0.2, 0.25) is 0 Å². The second-order valence-electron chi connectivity index (χ2n) is 5.99. The first-order valence-corrected chi connectivity index (χ1v) is 8.37. The van der Waals surface area contributed by atoms with Crippen LogP contribution in [0.2, 0.25) is 0 Å². The highest BCUT2D eigenvalue weighted by atomic mass is 16.1. The van der Waals surface area contributed by atoms with Crippen LogP contribution in [0.3, 0.4) is 0 Å². The zero-order valence-electron chi connectivity index (χ0n) is 14.9. The van der Waals surface area contributed by atoms with Gasteiger partial charge in [0, 0.05) is 0 Å². The number of nitrogens with zero attached hydrogens (tertiary/aromatic N) is 6. The van der Waals surface area contributed by atoms with Gasteiger partial charge < -0.3 is 5.32 Å². The van der Waals surface area contributed by atoms with Gasteiger partial charge in [-0.1, -0.05) is 18.2 Å². The molecule has 0 fully saturated rings. The van der Waals surface area contributed by atoms with Crippen molar-refractivity contribution in [2.75, 3.05) is 5.32 Å². The molecule has 3 heterocycles. The van der Waals surface area contributed by atoms with Crippen LogP contribution in [0.1, 0.15) is 21.7 Å². The predicted octanol–water partition coefficient (Wildman–Crippen LogP) is 2.72. The molecular weight excluding hydrogens is 342 g/mol. The Balaban J connectivity index is 1.58. The summed E-state index contributed by atoms with van der Waals surface area (Å²) in [5.41, 5.74) is 3.51. The number of aryl methyl sites for hydroxylation is 1. The number of pyridine rings is 1. The Kier molecular flexibility index (Phi) is 4.21. The first-order valence-electron chi connectivity index (χ1n) is 8.37. The Hall–Kier alpha value is -3.81. The van der Waals surface area contributed by atoms with E-state index in [1.807, 2.05) is 44.2 Å². The van der Waals surface area contributed by atoms with Crippen LogP contribution >= 0.6 is 0 Å². The maximum absolute atomic E-state index is 12.8. The van der Waals surface area contributed by atoms with E-state index in [1.54, 1.807) is 34.0 Å². The fourth-order valence-electron chi connectivity index (χ4n) is 2.91. The molecular formula is C19H17N7O. The lowest BCUT2D eigenvalue weighted by Crippen LogP contribution is -2.14. The van der Waals surface area contributed by atoms with Gasteiger partial charge in [0.15, 0.2) is 5.82 Å². The van der Waals surface area contributed by atoms with Crippen LogP contribution < -0.4 is 5.32 Å². The minimum absolute atomic E-state index is 0.220. The molecule has 27 heavy (non-hydrogen) atoms. The predicted molar refractivity (Wildman–Crippen MR) is 100 cm³/mol. The standard InChI is InChI=1S/C19H17N7O/c1-13-18(14(2)26(24-13)16-6-4-3-5-7-16)19(27)23-15-8-9-17(21-10-15)25-12-20-11-22-25/h3-12H,1-2H3,(H,23,27). The summed E-state index contributed by atoms with van der Waals surface area (Å²) in [6, 6.07) is 13.3. The van der Waals surface area contributed by atoms with Crippen molar-refractivity contribution in [3.8, 4) is 11.5 Å². The van der Waals surface area contributed by atoms with Gasteiger partial charge in [-0.3, -0.25) is 4.79 Å². The molecule has 0 spiro atoms. The topological polar surface area (TPSA) is 90.5 Å². The maximum atomic E-state index is 12.8. The van der Waals surface area contributed by atoms with Gasteiger partial charge in [0.05, 0.1) is 34.5 Å². The average Bonchev–Trinajstić information content (AvgIpc) is 3.31. The molecule has 1 N–H and O–H groups in total. The summed E-state index contributed by atoms with van der Waals surface area (Å²) in [6.45, 7) is 3.71. The van der Waals surface area contributed by atoms with E-state index in [0.29, 0.717) is 22.8 Å². The number of hydrogen-bond acceptors (Lipinski definition) is 5. The molecule has 1 aromatic carbocycles. The Morgan fingerprint density at radius 3 is 2.56 bits per heavy atom. The number of nitrogens with one attached hydrogen (secondary N) is 1. The highest BCUT2D eigenvalue weighted by Crippen LogP contribution is 2.19. The van der Waals surface area contributed by atoms with Crippen molar-refractivity contribution in [2.24, 2.45) is 0 Å². The summed E-state index contributed by atoms with van der Waals surface area (Å²) in [5.74, 6) is 0.400. The van der Waals surface area contributed by atoms with Crippen molar-refractivity contribution in [3.63, 3.8) is 0 Å². The highest BCUT2D eigenvalue weighted by molar-refractivity contribution is 6.05. The number of carbonyl (C=O) groups is 1. The third-order valence-corrected chi connectivity index (χ3v) is 4.18. The number of anilines is 1. The van der Waals surface area contributed by atoms with E-state index >= 15 is 0 Å². The summed E-state index contributed by atoms with van der Waals surface area (Å²) < 4.78 is 3.32. The van der Waals surface area contributed by atoms with Gasteiger partial charge in [-0.25, -0.2) is 19.3 Å². The van der Waals surface area contributed by atoms with Gasteiger partial charge in [-0.05, 0) is 38.1 Å². The number of para-hydroxylation sites is 1. The van der Waals surface area contributed by atoms with E-state index in [2.05, 4.69) is 25.5 Å². The lowest BCUT2D eigenvalue weighted by atomic mass is 10.2. The lowest BCUT2D eigenvalue weighted by molar-refractivity contribution is 0.102. The summed E-state index contributed by atoms with van der Waals surface area (Å²) in [7, 11) is 0. The Bertz CT molecular complexity index is 1070. The van der Waals surface area contributed by atoms with Gasteiger partial charge in [0.1, 0.15) is 12.7 Å². The minimum atomic E-state index is -0.220. The van der Waals surface area contributed by atoms with Crippen molar-refractivity contribution < 1.29 is 4.79 Å². The van der Waals surface area contributed by atoms with E-state index in [0.717, 1.165) is 11.4 Å². The fraction of sp³-hybridized carbons (Fsp3) is 0.105. The molecule has 0 saturated carbocycles. The van der Waals surface area contributed by atoms with E-state index in [4.69, 9.17) is 0 Å². The third-order valence-electron chi connectivity index (χ3n) is 4.18. The van der Waals surface area contributed by atoms with Crippen LogP contribution in [-0.4, -0.2) is 35.4 Å². The third kappa shape index (κ3) is 3.20. The molecule has 8 nitrogen and oxygen atoms in total. The van der Waals surface area contributed by atoms with Gasteiger partial charge in [-0.2, -0.15) is 10.2 Å². The first kappa shape index (κ1) is 16.6. The van der Waals surface area contributed by atoms with Crippen LogP contribution in [0.4, 0.5) is 5.69 Å². The molecule has 1 amide bonds. The Labute approximate surface area is 155 Å². The van der Waals surface area contributed by atoms with E-state index in [1.165, 1.54) is 6.33 Å². The van der Waals surface area contributed by atoms with E-state index in [9.17, 15) is 4.79 Å². The van der Waals surface area contributed by atoms with Crippen LogP contribution in [0.15, 0.2) is 61.3 Å². The SMILES string of the molecule is Cc1nn(-c2ccccc2)c(C)c1C(=O)Nc1ccc(-n2cncn2)nc1. The number of hydrogen-bond donors (Lipinski definition) is 1. The monoisotopic (exact) mass is 359 g/mol. The molecule has 4 rings (SSSR count). The van der Waals surface area contributed by atoms with Crippen LogP contribution in [0.25, 0.3) is 11.5 Å². The first-order chi connectivity index (χ1) is 13.1. The van der Waals surface area contributed by atoms with Gasteiger partial charge in [0.25, 0.3) is 5.91 Å². The number of aromatic nitrogens is 6. The van der Waals surface area contributed by atoms with Gasteiger partial charge >= 0.3 is 0 Å². The molecule has 0 aliphatic rings. The minimum Gasteiger partial charge on any atom is -0.320 e. The maximum Gasteiger partial charge on any atom is 0.259 e. The Morgan fingerprint density at radius 1 is 1.07 bits per heavy atom. The molecule has 0 saturated heterocycles. The zero-order chi connectivity index (χ0) is 18.8. The van der Waals surface area contributed by atoms with Gasteiger partial charge in [-0.15, -0.1) is 0 Å². The number of carbonyl (C=O) groups excluding carboxylic acids is 1.